The summed E-state index contributed by atoms with van der Waals surface area (Å²) in [5, 5.41) is 2.37. The molecular formula is C16H16O4Se. The van der Waals surface area contributed by atoms with Gasteiger partial charge in [0, 0.05) is 0 Å². The van der Waals surface area contributed by atoms with E-state index in [0.29, 0.717) is 0 Å². The van der Waals surface area contributed by atoms with Gasteiger partial charge >= 0.3 is 128 Å². The molecule has 1 aromatic heterocycles. The number of rotatable bonds is 4. The van der Waals surface area contributed by atoms with Gasteiger partial charge in [-0.2, -0.15) is 0 Å². The van der Waals surface area contributed by atoms with Crippen molar-refractivity contribution < 1.29 is 18.9 Å². The molecule has 1 heterocycles. The molecular weight excluding hydrogens is 335 g/mol. The molecule has 0 saturated carbocycles. The van der Waals surface area contributed by atoms with Gasteiger partial charge in [-0.25, -0.2) is 0 Å². The number of hydrogen-bond acceptors (Lipinski definition) is 4. The Morgan fingerprint density at radius 2 is 0.905 bits per heavy atom. The zero-order valence-corrected chi connectivity index (χ0v) is 14.1. The predicted molar refractivity (Wildman–Crippen MR) is 84.6 cm³/mol. The SMILES string of the molecule is COc1cc2[se]c3cc(OC)c(OC)cc3c2cc1OC. The number of hydrogen-bond donors (Lipinski definition) is 0. The monoisotopic (exact) mass is 352 g/mol. The third-order valence-electron chi connectivity index (χ3n) is 3.48. The minimum atomic E-state index is 0.226. The Hall–Kier alpha value is -1.84. The molecule has 0 radical (unpaired) electrons. The van der Waals surface area contributed by atoms with Crippen LogP contribution in [0, 0.1) is 0 Å². The average Bonchev–Trinajstić information content (AvgIpc) is 2.88. The molecule has 0 amide bonds. The van der Waals surface area contributed by atoms with E-state index in [9.17, 15) is 0 Å². The zero-order chi connectivity index (χ0) is 15.0. The summed E-state index contributed by atoms with van der Waals surface area (Å²) in [6.45, 7) is 0. The molecule has 0 atom stereocenters. The van der Waals surface area contributed by atoms with E-state index in [1.807, 2.05) is 12.1 Å². The van der Waals surface area contributed by atoms with E-state index in [1.165, 1.54) is 19.3 Å². The molecule has 0 bridgehead atoms. The van der Waals surface area contributed by atoms with E-state index in [4.69, 9.17) is 18.9 Å². The van der Waals surface area contributed by atoms with Crippen LogP contribution >= 0.6 is 0 Å². The van der Waals surface area contributed by atoms with Crippen LogP contribution in [0.2, 0.25) is 0 Å². The van der Waals surface area contributed by atoms with Crippen molar-refractivity contribution in [3.63, 3.8) is 0 Å². The third kappa shape index (κ3) is 2.23. The Morgan fingerprint density at radius 3 is 1.24 bits per heavy atom. The summed E-state index contributed by atoms with van der Waals surface area (Å²) in [5.41, 5.74) is 0. The van der Waals surface area contributed by atoms with Crippen LogP contribution in [0.25, 0.3) is 19.3 Å². The van der Waals surface area contributed by atoms with Crippen LogP contribution in [-0.2, 0) is 0 Å². The second-order valence-corrected chi connectivity index (χ2v) is 6.78. The standard InChI is InChI=1S/C16H16O4Se/c1-17-11-5-9-10-6-12(18-2)14(20-4)8-16(10)21-15(9)7-13(11)19-3/h5-8H,1-4H3. The predicted octanol–water partition coefficient (Wildman–Crippen LogP) is 3.08. The van der Waals surface area contributed by atoms with Gasteiger partial charge in [0.15, 0.2) is 0 Å². The summed E-state index contributed by atoms with van der Waals surface area (Å²) in [6.07, 6.45) is 0. The molecule has 5 heteroatoms. The molecule has 0 N–H and O–H groups in total. The Bertz CT molecular complexity index is 741. The molecule has 0 saturated heterocycles. The van der Waals surface area contributed by atoms with Gasteiger partial charge in [0.2, 0.25) is 0 Å². The van der Waals surface area contributed by atoms with Gasteiger partial charge in [0.25, 0.3) is 0 Å². The fourth-order valence-electron chi connectivity index (χ4n) is 2.43. The first-order chi connectivity index (χ1) is 10.2. The van der Waals surface area contributed by atoms with Crippen molar-refractivity contribution >= 4 is 33.8 Å². The fourth-order valence-corrected chi connectivity index (χ4v) is 4.79. The van der Waals surface area contributed by atoms with Gasteiger partial charge in [-0.15, -0.1) is 0 Å². The van der Waals surface area contributed by atoms with Crippen molar-refractivity contribution in [3.8, 4) is 23.0 Å². The Kier molecular flexibility index (Phi) is 3.70. The zero-order valence-electron chi connectivity index (χ0n) is 12.4. The molecule has 0 aliphatic heterocycles. The normalized spacial score (nSPS) is 10.9. The van der Waals surface area contributed by atoms with E-state index in [2.05, 4.69) is 12.1 Å². The molecule has 0 spiro atoms. The van der Waals surface area contributed by atoms with E-state index in [1.54, 1.807) is 28.4 Å². The number of ether oxygens (including phenoxy) is 4. The van der Waals surface area contributed by atoms with Crippen molar-refractivity contribution in [2.24, 2.45) is 0 Å². The third-order valence-corrected chi connectivity index (χ3v) is 5.82. The molecule has 2 aromatic carbocycles. The molecule has 3 rings (SSSR count). The first kappa shape index (κ1) is 14.1. The van der Waals surface area contributed by atoms with Crippen molar-refractivity contribution in [1.82, 2.24) is 0 Å². The first-order valence-electron chi connectivity index (χ1n) is 6.42. The second kappa shape index (κ2) is 5.51. The van der Waals surface area contributed by atoms with E-state index in [-0.39, 0.29) is 14.5 Å². The van der Waals surface area contributed by atoms with Crippen molar-refractivity contribution in [3.05, 3.63) is 24.3 Å². The summed E-state index contributed by atoms with van der Waals surface area (Å²) in [6, 6.07) is 8.20. The molecule has 3 aromatic rings. The van der Waals surface area contributed by atoms with Gasteiger partial charge < -0.3 is 0 Å². The van der Waals surface area contributed by atoms with Crippen LogP contribution in [0.4, 0.5) is 0 Å². The van der Waals surface area contributed by atoms with Crippen LogP contribution in [0.15, 0.2) is 24.3 Å². The number of fused-ring (bicyclic) bond motifs is 3. The van der Waals surface area contributed by atoms with Gasteiger partial charge in [0.1, 0.15) is 0 Å². The van der Waals surface area contributed by atoms with Gasteiger partial charge in [-0.05, 0) is 0 Å². The maximum atomic E-state index is 5.40. The quantitative estimate of drug-likeness (QED) is 0.677. The summed E-state index contributed by atoms with van der Waals surface area (Å²) >= 11 is 0.226. The second-order valence-electron chi connectivity index (χ2n) is 4.51. The van der Waals surface area contributed by atoms with Crippen molar-refractivity contribution in [2.75, 3.05) is 28.4 Å². The number of benzene rings is 2. The average molecular weight is 351 g/mol. The Labute approximate surface area is 128 Å². The van der Waals surface area contributed by atoms with Crippen molar-refractivity contribution in [1.29, 1.82) is 0 Å². The van der Waals surface area contributed by atoms with Crippen LogP contribution < -0.4 is 18.9 Å². The number of methoxy groups -OCH3 is 4. The van der Waals surface area contributed by atoms with Crippen LogP contribution in [0.1, 0.15) is 0 Å². The molecule has 0 aliphatic rings. The van der Waals surface area contributed by atoms with Crippen LogP contribution in [0.3, 0.4) is 0 Å². The van der Waals surface area contributed by atoms with Gasteiger partial charge in [-0.3, -0.25) is 0 Å². The Morgan fingerprint density at radius 1 is 0.571 bits per heavy atom. The topological polar surface area (TPSA) is 36.9 Å². The summed E-state index contributed by atoms with van der Waals surface area (Å²) in [7, 11) is 6.62. The molecule has 0 aliphatic carbocycles. The Balaban J connectivity index is 2.35. The first-order valence-corrected chi connectivity index (χ1v) is 8.13. The summed E-state index contributed by atoms with van der Waals surface area (Å²) < 4.78 is 24.1. The molecule has 4 nitrogen and oxygen atoms in total. The van der Waals surface area contributed by atoms with E-state index in [0.717, 1.165) is 23.0 Å². The van der Waals surface area contributed by atoms with Crippen molar-refractivity contribution in [2.45, 2.75) is 0 Å². The minimum absolute atomic E-state index is 0.226. The van der Waals surface area contributed by atoms with Crippen LogP contribution in [-0.4, -0.2) is 42.9 Å². The van der Waals surface area contributed by atoms with E-state index >= 15 is 0 Å². The summed E-state index contributed by atoms with van der Waals surface area (Å²) in [5.74, 6) is 3.03. The van der Waals surface area contributed by atoms with E-state index < -0.39 is 0 Å². The fraction of sp³-hybridized carbons (Fsp3) is 0.250. The molecule has 0 unspecified atom stereocenters. The van der Waals surface area contributed by atoms with Crippen LogP contribution in [0.5, 0.6) is 23.0 Å². The molecule has 110 valence electrons. The summed E-state index contributed by atoms with van der Waals surface area (Å²) in [4.78, 5) is 0. The molecule has 21 heavy (non-hydrogen) atoms. The van der Waals surface area contributed by atoms with Gasteiger partial charge in [-0.1, -0.05) is 0 Å². The molecule has 0 fully saturated rings. The maximum absolute atomic E-state index is 5.40. The van der Waals surface area contributed by atoms with Gasteiger partial charge in [0.05, 0.1) is 0 Å².